The minimum atomic E-state index is -0.813. The van der Waals surface area contributed by atoms with Gasteiger partial charge < -0.3 is 10.1 Å². The molecule has 21 heavy (non-hydrogen) atoms. The number of H-pyrrole nitrogens is 1. The highest BCUT2D eigenvalue weighted by Crippen LogP contribution is 2.22. The SMILES string of the molecule is CCCNC(C)(CSc1n[nH]c(=O)n1C(C)C)C(=O)OC. The van der Waals surface area contributed by atoms with Crippen LogP contribution in [0.1, 0.15) is 40.2 Å². The van der Waals surface area contributed by atoms with Crippen LogP contribution in [0.5, 0.6) is 0 Å². The number of hydrogen-bond donors (Lipinski definition) is 2. The molecule has 1 atom stereocenters. The monoisotopic (exact) mass is 316 g/mol. The van der Waals surface area contributed by atoms with Gasteiger partial charge in [0, 0.05) is 11.8 Å². The summed E-state index contributed by atoms with van der Waals surface area (Å²) in [7, 11) is 1.37. The summed E-state index contributed by atoms with van der Waals surface area (Å²) in [5.74, 6) is 0.105. The van der Waals surface area contributed by atoms with E-state index in [9.17, 15) is 9.59 Å². The van der Waals surface area contributed by atoms with Crippen LogP contribution in [0.4, 0.5) is 0 Å². The second-order valence-corrected chi connectivity index (χ2v) is 6.26. The van der Waals surface area contributed by atoms with Crippen LogP contribution in [0.25, 0.3) is 0 Å². The fraction of sp³-hybridized carbons (Fsp3) is 0.769. The molecule has 1 rings (SSSR count). The van der Waals surface area contributed by atoms with E-state index < -0.39 is 5.54 Å². The van der Waals surface area contributed by atoms with Crippen LogP contribution in [-0.2, 0) is 9.53 Å². The van der Waals surface area contributed by atoms with Gasteiger partial charge in [-0.2, -0.15) is 0 Å². The number of nitrogens with one attached hydrogen (secondary N) is 2. The summed E-state index contributed by atoms with van der Waals surface area (Å²) in [5.41, 5.74) is -1.06. The van der Waals surface area contributed by atoms with E-state index in [4.69, 9.17) is 4.74 Å². The maximum absolute atomic E-state index is 12.0. The predicted molar refractivity (Wildman–Crippen MR) is 82.7 cm³/mol. The number of aromatic nitrogens is 3. The molecule has 0 spiro atoms. The number of ether oxygens (including phenoxy) is 1. The molecule has 0 aliphatic carbocycles. The van der Waals surface area contributed by atoms with Crippen LogP contribution in [0.2, 0.25) is 0 Å². The Labute approximate surface area is 128 Å². The molecule has 0 radical (unpaired) electrons. The molecular formula is C13H24N4O3S. The molecule has 8 heteroatoms. The van der Waals surface area contributed by atoms with E-state index >= 15 is 0 Å². The molecule has 1 aromatic rings. The van der Waals surface area contributed by atoms with Crippen LogP contribution in [-0.4, -0.2) is 45.7 Å². The average Bonchev–Trinajstić information content (AvgIpc) is 2.83. The smallest absolute Gasteiger partial charge is 0.344 e. The standard InChI is InChI=1S/C13H24N4O3S/c1-6-7-14-13(4,10(18)20-5)8-21-12-16-15-11(19)17(12)9(2)3/h9,14H,6-8H2,1-5H3,(H,15,19). The maximum Gasteiger partial charge on any atom is 0.344 e. The van der Waals surface area contributed by atoms with Gasteiger partial charge in [-0.1, -0.05) is 18.7 Å². The van der Waals surface area contributed by atoms with Gasteiger partial charge in [0.05, 0.1) is 7.11 Å². The fourth-order valence-corrected chi connectivity index (χ4v) is 3.05. The average molecular weight is 316 g/mol. The molecule has 0 amide bonds. The molecule has 0 saturated carbocycles. The highest BCUT2D eigenvalue weighted by Gasteiger charge is 2.34. The molecule has 1 unspecified atom stereocenters. The third kappa shape index (κ3) is 4.34. The number of carbonyl (C=O) groups excluding carboxylic acids is 1. The van der Waals surface area contributed by atoms with E-state index in [0.29, 0.717) is 17.5 Å². The van der Waals surface area contributed by atoms with Crippen LogP contribution in [0, 0.1) is 0 Å². The number of aromatic amines is 1. The van der Waals surface area contributed by atoms with Crippen molar-refractivity contribution >= 4 is 17.7 Å². The molecule has 0 aromatic carbocycles. The summed E-state index contributed by atoms with van der Waals surface area (Å²) in [4.78, 5) is 23.7. The first-order valence-corrected chi connectivity index (χ1v) is 7.97. The number of thioether (sulfide) groups is 1. The van der Waals surface area contributed by atoms with Gasteiger partial charge in [-0.3, -0.25) is 9.36 Å². The Balaban J connectivity index is 2.87. The zero-order chi connectivity index (χ0) is 16.0. The molecule has 7 nitrogen and oxygen atoms in total. The van der Waals surface area contributed by atoms with Crippen molar-refractivity contribution in [3.63, 3.8) is 0 Å². The predicted octanol–water partition coefficient (Wildman–Crippen LogP) is 1.18. The van der Waals surface area contributed by atoms with Gasteiger partial charge >= 0.3 is 11.7 Å². The van der Waals surface area contributed by atoms with Crippen LogP contribution in [0.15, 0.2) is 9.95 Å². The Hall–Kier alpha value is -1.28. The van der Waals surface area contributed by atoms with Gasteiger partial charge in [0.25, 0.3) is 0 Å². The Kier molecular flexibility index (Phi) is 6.47. The van der Waals surface area contributed by atoms with Gasteiger partial charge in [-0.05, 0) is 33.7 Å². The third-order valence-corrected chi connectivity index (χ3v) is 4.35. The van der Waals surface area contributed by atoms with Gasteiger partial charge in [0.1, 0.15) is 5.54 Å². The fourth-order valence-electron chi connectivity index (χ4n) is 1.86. The van der Waals surface area contributed by atoms with E-state index in [2.05, 4.69) is 15.5 Å². The Morgan fingerprint density at radius 3 is 2.76 bits per heavy atom. The van der Waals surface area contributed by atoms with Crippen molar-refractivity contribution in [3.8, 4) is 0 Å². The summed E-state index contributed by atoms with van der Waals surface area (Å²) in [5, 5.41) is 10.2. The second-order valence-electron chi connectivity index (χ2n) is 5.31. The van der Waals surface area contributed by atoms with Crippen molar-refractivity contribution < 1.29 is 9.53 Å². The lowest BCUT2D eigenvalue weighted by molar-refractivity contribution is -0.146. The molecule has 1 aromatic heterocycles. The zero-order valence-corrected chi connectivity index (χ0v) is 14.0. The highest BCUT2D eigenvalue weighted by molar-refractivity contribution is 7.99. The Morgan fingerprint density at radius 1 is 1.57 bits per heavy atom. The first-order chi connectivity index (χ1) is 9.85. The van der Waals surface area contributed by atoms with Crippen molar-refractivity contribution in [1.82, 2.24) is 20.1 Å². The minimum Gasteiger partial charge on any atom is -0.468 e. The number of hydrogen-bond acceptors (Lipinski definition) is 6. The maximum atomic E-state index is 12.0. The number of methoxy groups -OCH3 is 1. The minimum absolute atomic E-state index is 0.00623. The van der Waals surface area contributed by atoms with Crippen LogP contribution in [0.3, 0.4) is 0 Å². The number of nitrogens with zero attached hydrogens (tertiary/aromatic N) is 2. The van der Waals surface area contributed by atoms with Crippen LogP contribution < -0.4 is 11.0 Å². The first kappa shape index (κ1) is 17.8. The summed E-state index contributed by atoms with van der Waals surface area (Å²) in [6.45, 7) is 8.36. The lowest BCUT2D eigenvalue weighted by Crippen LogP contribution is -2.52. The van der Waals surface area contributed by atoms with Gasteiger partial charge in [-0.15, -0.1) is 5.10 Å². The molecule has 0 saturated heterocycles. The van der Waals surface area contributed by atoms with Crippen molar-refractivity contribution in [2.75, 3.05) is 19.4 Å². The molecule has 120 valence electrons. The Morgan fingerprint density at radius 2 is 2.24 bits per heavy atom. The molecule has 0 fully saturated rings. The molecule has 0 bridgehead atoms. The van der Waals surface area contributed by atoms with E-state index in [0.717, 1.165) is 6.42 Å². The second kappa shape index (κ2) is 7.65. The summed E-state index contributed by atoms with van der Waals surface area (Å²) in [6.07, 6.45) is 0.913. The normalized spacial score (nSPS) is 14.2. The van der Waals surface area contributed by atoms with E-state index in [1.807, 2.05) is 20.8 Å². The van der Waals surface area contributed by atoms with E-state index in [1.165, 1.54) is 18.9 Å². The van der Waals surface area contributed by atoms with Gasteiger partial charge in [-0.25, -0.2) is 9.89 Å². The quantitative estimate of drug-likeness (QED) is 0.553. The van der Waals surface area contributed by atoms with E-state index in [-0.39, 0.29) is 17.7 Å². The molecule has 0 aliphatic heterocycles. The van der Waals surface area contributed by atoms with Crippen molar-refractivity contribution in [2.24, 2.45) is 0 Å². The number of carbonyl (C=O) groups is 1. The molecule has 1 heterocycles. The summed E-state index contributed by atoms with van der Waals surface area (Å²) in [6, 6.07) is 0.00623. The summed E-state index contributed by atoms with van der Waals surface area (Å²) < 4.78 is 6.44. The molecule has 0 aliphatic rings. The van der Waals surface area contributed by atoms with Crippen molar-refractivity contribution in [1.29, 1.82) is 0 Å². The van der Waals surface area contributed by atoms with Crippen molar-refractivity contribution in [2.45, 2.75) is 50.9 Å². The lowest BCUT2D eigenvalue weighted by Gasteiger charge is -2.27. The lowest BCUT2D eigenvalue weighted by atomic mass is 10.1. The summed E-state index contributed by atoms with van der Waals surface area (Å²) >= 11 is 1.35. The Bertz CT molecular complexity index is 526. The van der Waals surface area contributed by atoms with Gasteiger partial charge in [0.2, 0.25) is 0 Å². The zero-order valence-electron chi connectivity index (χ0n) is 13.2. The molecule has 2 N–H and O–H groups in total. The highest BCUT2D eigenvalue weighted by atomic mass is 32.2. The van der Waals surface area contributed by atoms with E-state index in [1.54, 1.807) is 11.5 Å². The van der Waals surface area contributed by atoms with Crippen LogP contribution >= 0.6 is 11.8 Å². The molecular weight excluding hydrogens is 292 g/mol. The van der Waals surface area contributed by atoms with Gasteiger partial charge in [0.15, 0.2) is 5.16 Å². The number of esters is 1. The largest absolute Gasteiger partial charge is 0.468 e. The number of rotatable bonds is 8. The third-order valence-electron chi connectivity index (χ3n) is 3.08. The topological polar surface area (TPSA) is 89.0 Å². The first-order valence-electron chi connectivity index (χ1n) is 6.98. The van der Waals surface area contributed by atoms with Crippen molar-refractivity contribution in [3.05, 3.63) is 10.5 Å².